The lowest BCUT2D eigenvalue weighted by Crippen LogP contribution is -2.35. The number of nitrogens with one attached hydrogen (secondary N) is 2. The molecule has 2 aliphatic heterocycles. The van der Waals surface area contributed by atoms with Gasteiger partial charge in [0.2, 0.25) is 0 Å². The maximum Gasteiger partial charge on any atom is 0.163 e. The Balaban J connectivity index is 1.68. The molecule has 1 aromatic carbocycles. The lowest BCUT2D eigenvalue weighted by atomic mass is 10.1. The van der Waals surface area contributed by atoms with E-state index in [4.69, 9.17) is 19.6 Å². The molecule has 0 aliphatic carbocycles. The van der Waals surface area contributed by atoms with Crippen molar-refractivity contribution in [1.82, 2.24) is 25.6 Å². The van der Waals surface area contributed by atoms with Gasteiger partial charge in [0.25, 0.3) is 0 Å². The van der Waals surface area contributed by atoms with E-state index in [9.17, 15) is 4.79 Å². The van der Waals surface area contributed by atoms with E-state index in [2.05, 4.69) is 17.8 Å². The van der Waals surface area contributed by atoms with Crippen LogP contribution < -0.4 is 20.3 Å². The number of fused-ring (bicyclic) bond motifs is 1. The summed E-state index contributed by atoms with van der Waals surface area (Å²) in [6.07, 6.45) is 3.60. The number of aryl methyl sites for hydroxylation is 1. The van der Waals surface area contributed by atoms with Crippen molar-refractivity contribution in [3.8, 4) is 17.2 Å². The highest BCUT2D eigenvalue weighted by molar-refractivity contribution is 5.81. The molecule has 2 atom stereocenters. The number of carbonyl (C=O) groups is 1. The van der Waals surface area contributed by atoms with Crippen LogP contribution in [0.2, 0.25) is 0 Å². The van der Waals surface area contributed by atoms with E-state index >= 15 is 0 Å². The number of unbranched alkanes of at least 4 members (excludes halogenated alkanes) is 1. The van der Waals surface area contributed by atoms with Gasteiger partial charge in [0.1, 0.15) is 19.0 Å². The number of benzene rings is 1. The summed E-state index contributed by atoms with van der Waals surface area (Å²) in [5.41, 5.74) is 7.13. The fourth-order valence-electron chi connectivity index (χ4n) is 3.38. The SMILES string of the molecule is CCCCc1nc(C2CC(C(C)=O)NN2)n(-c2ccc3c(c2)OCCO3)n1. The molecule has 2 aliphatic rings. The van der Waals surface area contributed by atoms with Crippen molar-refractivity contribution in [2.45, 2.75) is 51.6 Å². The van der Waals surface area contributed by atoms with E-state index in [0.29, 0.717) is 19.6 Å². The Bertz CT molecular complexity index is 835. The molecule has 2 N–H and O–H groups in total. The second kappa shape index (κ2) is 7.66. The van der Waals surface area contributed by atoms with Gasteiger partial charge in [0.15, 0.2) is 23.1 Å². The topological polar surface area (TPSA) is 90.3 Å². The average Bonchev–Trinajstić information content (AvgIpc) is 3.33. The number of hydrogen-bond acceptors (Lipinski definition) is 7. The Morgan fingerprint density at radius 2 is 2.07 bits per heavy atom. The van der Waals surface area contributed by atoms with Gasteiger partial charge in [-0.3, -0.25) is 4.79 Å². The van der Waals surface area contributed by atoms with E-state index in [-0.39, 0.29) is 17.9 Å². The summed E-state index contributed by atoms with van der Waals surface area (Å²) in [4.78, 5) is 16.5. The molecular formula is C19H25N5O3. The molecule has 2 aromatic rings. The van der Waals surface area contributed by atoms with E-state index in [1.807, 2.05) is 22.9 Å². The highest BCUT2D eigenvalue weighted by Crippen LogP contribution is 2.33. The summed E-state index contributed by atoms with van der Waals surface area (Å²) in [5.74, 6) is 3.19. The monoisotopic (exact) mass is 371 g/mol. The predicted molar refractivity (Wildman–Crippen MR) is 99.1 cm³/mol. The molecule has 0 bridgehead atoms. The van der Waals surface area contributed by atoms with Gasteiger partial charge in [-0.2, -0.15) is 5.10 Å². The maximum absolute atomic E-state index is 11.7. The molecule has 1 aromatic heterocycles. The third kappa shape index (κ3) is 3.68. The number of ether oxygens (including phenoxy) is 2. The molecule has 144 valence electrons. The summed E-state index contributed by atoms with van der Waals surface area (Å²) in [7, 11) is 0. The minimum Gasteiger partial charge on any atom is -0.486 e. The van der Waals surface area contributed by atoms with Gasteiger partial charge in [-0.05, 0) is 31.9 Å². The van der Waals surface area contributed by atoms with Crippen LogP contribution in [0.5, 0.6) is 11.5 Å². The number of carbonyl (C=O) groups excluding carboxylic acids is 1. The highest BCUT2D eigenvalue weighted by Gasteiger charge is 2.32. The molecule has 1 fully saturated rings. The molecule has 0 saturated carbocycles. The molecule has 0 radical (unpaired) electrons. The van der Waals surface area contributed by atoms with Gasteiger partial charge in [-0.25, -0.2) is 20.5 Å². The van der Waals surface area contributed by atoms with Crippen molar-refractivity contribution in [2.24, 2.45) is 0 Å². The number of ketones is 1. The van der Waals surface area contributed by atoms with Crippen LogP contribution in [0.4, 0.5) is 0 Å². The van der Waals surface area contributed by atoms with Crippen molar-refractivity contribution in [3.05, 3.63) is 29.8 Å². The van der Waals surface area contributed by atoms with Gasteiger partial charge in [0, 0.05) is 12.5 Å². The number of rotatable bonds is 6. The third-order valence-corrected chi connectivity index (χ3v) is 4.91. The molecule has 0 spiro atoms. The van der Waals surface area contributed by atoms with Gasteiger partial charge in [0.05, 0.1) is 17.8 Å². The van der Waals surface area contributed by atoms with Crippen LogP contribution in [0.1, 0.15) is 50.8 Å². The molecular weight excluding hydrogens is 346 g/mol. The second-order valence-corrected chi connectivity index (χ2v) is 6.97. The first-order chi connectivity index (χ1) is 13.2. The van der Waals surface area contributed by atoms with E-state index in [1.54, 1.807) is 6.92 Å². The normalized spacial score (nSPS) is 21.4. The van der Waals surface area contributed by atoms with Crippen molar-refractivity contribution in [1.29, 1.82) is 0 Å². The quantitative estimate of drug-likeness (QED) is 0.801. The molecule has 0 amide bonds. The number of hydrazine groups is 1. The van der Waals surface area contributed by atoms with Crippen LogP contribution in [-0.4, -0.2) is 39.8 Å². The fourth-order valence-corrected chi connectivity index (χ4v) is 3.38. The van der Waals surface area contributed by atoms with E-state index in [0.717, 1.165) is 48.1 Å². The number of Topliss-reactive ketones (excluding diaryl/α,β-unsaturated/α-hetero) is 1. The summed E-state index contributed by atoms with van der Waals surface area (Å²) in [6.45, 7) is 4.85. The van der Waals surface area contributed by atoms with Crippen LogP contribution in [-0.2, 0) is 11.2 Å². The van der Waals surface area contributed by atoms with Crippen LogP contribution in [0, 0.1) is 0 Å². The highest BCUT2D eigenvalue weighted by atomic mass is 16.6. The summed E-state index contributed by atoms with van der Waals surface area (Å²) >= 11 is 0. The third-order valence-electron chi connectivity index (χ3n) is 4.91. The first kappa shape index (κ1) is 17.9. The Hall–Kier alpha value is -2.45. The van der Waals surface area contributed by atoms with Crippen molar-refractivity contribution >= 4 is 5.78 Å². The van der Waals surface area contributed by atoms with E-state index < -0.39 is 0 Å². The molecule has 3 heterocycles. The molecule has 1 saturated heterocycles. The minimum atomic E-state index is -0.209. The molecule has 2 unspecified atom stereocenters. The lowest BCUT2D eigenvalue weighted by Gasteiger charge is -2.19. The zero-order chi connectivity index (χ0) is 18.8. The molecule has 4 rings (SSSR count). The van der Waals surface area contributed by atoms with Crippen molar-refractivity contribution in [2.75, 3.05) is 13.2 Å². The largest absolute Gasteiger partial charge is 0.486 e. The maximum atomic E-state index is 11.7. The zero-order valence-electron chi connectivity index (χ0n) is 15.7. The number of aromatic nitrogens is 3. The number of hydrogen-bond donors (Lipinski definition) is 2. The van der Waals surface area contributed by atoms with Crippen molar-refractivity contribution in [3.63, 3.8) is 0 Å². The number of nitrogens with zero attached hydrogens (tertiary/aromatic N) is 3. The smallest absolute Gasteiger partial charge is 0.163 e. The van der Waals surface area contributed by atoms with Crippen LogP contribution in [0.15, 0.2) is 18.2 Å². The van der Waals surface area contributed by atoms with Crippen LogP contribution in [0.25, 0.3) is 5.69 Å². The molecule has 8 heteroatoms. The standard InChI is InChI=1S/C19H25N5O3/c1-3-4-5-18-20-19(15-11-14(12(2)25)21-22-15)24(23-18)13-6-7-16-17(10-13)27-9-8-26-16/h6-7,10,14-15,21-22H,3-5,8-9,11H2,1-2H3. The first-order valence-corrected chi connectivity index (χ1v) is 9.53. The Kier molecular flexibility index (Phi) is 5.09. The molecule has 27 heavy (non-hydrogen) atoms. The summed E-state index contributed by atoms with van der Waals surface area (Å²) < 4.78 is 13.2. The minimum absolute atomic E-state index is 0.0880. The van der Waals surface area contributed by atoms with Crippen LogP contribution >= 0.6 is 0 Å². The fraction of sp³-hybridized carbons (Fsp3) is 0.526. The Morgan fingerprint density at radius 3 is 2.81 bits per heavy atom. The van der Waals surface area contributed by atoms with E-state index in [1.165, 1.54) is 0 Å². The Labute approximate surface area is 158 Å². The average molecular weight is 371 g/mol. The van der Waals surface area contributed by atoms with Gasteiger partial charge in [-0.1, -0.05) is 13.3 Å². The first-order valence-electron chi connectivity index (χ1n) is 9.53. The van der Waals surface area contributed by atoms with Crippen molar-refractivity contribution < 1.29 is 14.3 Å². The lowest BCUT2D eigenvalue weighted by molar-refractivity contribution is -0.118. The Morgan fingerprint density at radius 1 is 1.26 bits per heavy atom. The molecule has 8 nitrogen and oxygen atoms in total. The predicted octanol–water partition coefficient (Wildman–Crippen LogP) is 1.88. The summed E-state index contributed by atoms with van der Waals surface area (Å²) in [5, 5.41) is 4.74. The van der Waals surface area contributed by atoms with Gasteiger partial charge >= 0.3 is 0 Å². The van der Waals surface area contributed by atoms with Crippen LogP contribution in [0.3, 0.4) is 0 Å². The summed E-state index contributed by atoms with van der Waals surface area (Å²) in [6, 6.07) is 5.50. The van der Waals surface area contributed by atoms with Gasteiger partial charge < -0.3 is 9.47 Å². The second-order valence-electron chi connectivity index (χ2n) is 6.97. The zero-order valence-corrected chi connectivity index (χ0v) is 15.7. The van der Waals surface area contributed by atoms with Gasteiger partial charge in [-0.15, -0.1) is 0 Å².